The highest BCUT2D eigenvalue weighted by atomic mass is 35.5. The molecule has 1 rings (SSSR count). The molecule has 0 amide bonds. The minimum absolute atomic E-state index is 0. The van der Waals surface area contributed by atoms with Gasteiger partial charge in [0.15, 0.2) is 0 Å². The minimum Gasteiger partial charge on any atom is -0.481 e. The van der Waals surface area contributed by atoms with E-state index in [1.165, 1.54) is 5.57 Å². The van der Waals surface area contributed by atoms with Gasteiger partial charge in [-0.15, -0.1) is 12.4 Å². The summed E-state index contributed by atoms with van der Waals surface area (Å²) in [4.78, 5) is 10.2. The van der Waals surface area contributed by atoms with Gasteiger partial charge in [0, 0.05) is 0 Å². The summed E-state index contributed by atoms with van der Waals surface area (Å²) in [6, 6.07) is 0. The molecule has 2 N–H and O–H groups in total. The molecule has 0 aromatic rings. The Morgan fingerprint density at radius 3 is 2.58 bits per heavy atom. The molecule has 1 fully saturated rings. The van der Waals surface area contributed by atoms with E-state index >= 15 is 0 Å². The first-order valence-electron chi connectivity index (χ1n) is 3.89. The van der Waals surface area contributed by atoms with Crippen LogP contribution in [0.2, 0.25) is 0 Å². The molecule has 1 saturated heterocycles. The van der Waals surface area contributed by atoms with Gasteiger partial charge < -0.3 is 10.4 Å². The summed E-state index contributed by atoms with van der Waals surface area (Å²) >= 11 is 0. The van der Waals surface area contributed by atoms with Crippen molar-refractivity contribution in [1.82, 2.24) is 5.32 Å². The van der Waals surface area contributed by atoms with E-state index < -0.39 is 5.97 Å². The van der Waals surface area contributed by atoms with E-state index in [0.29, 0.717) is 0 Å². The summed E-state index contributed by atoms with van der Waals surface area (Å²) in [7, 11) is 0. The van der Waals surface area contributed by atoms with E-state index in [-0.39, 0.29) is 18.8 Å². The summed E-state index contributed by atoms with van der Waals surface area (Å²) in [6.07, 6.45) is 4.03. The van der Waals surface area contributed by atoms with Gasteiger partial charge in [0.1, 0.15) is 0 Å². The Morgan fingerprint density at radius 1 is 1.50 bits per heavy atom. The van der Waals surface area contributed by atoms with Gasteiger partial charge >= 0.3 is 5.97 Å². The maximum Gasteiger partial charge on any atom is 0.307 e. The first-order valence-corrected chi connectivity index (χ1v) is 3.89. The summed E-state index contributed by atoms with van der Waals surface area (Å²) in [5.41, 5.74) is 1.28. The molecule has 3 nitrogen and oxygen atoms in total. The molecule has 0 unspecified atom stereocenters. The van der Waals surface area contributed by atoms with Crippen LogP contribution in [0.1, 0.15) is 19.3 Å². The van der Waals surface area contributed by atoms with Crippen LogP contribution in [0.15, 0.2) is 11.6 Å². The number of carboxylic acid groups (broad SMARTS) is 1. The molecule has 1 aliphatic heterocycles. The Balaban J connectivity index is 0.00000121. The highest BCUT2D eigenvalue weighted by Gasteiger charge is 2.04. The molecule has 0 atom stereocenters. The number of halogens is 1. The highest BCUT2D eigenvalue weighted by molar-refractivity contribution is 5.85. The first-order chi connectivity index (χ1) is 5.29. The van der Waals surface area contributed by atoms with E-state index in [0.717, 1.165) is 25.9 Å². The van der Waals surface area contributed by atoms with Crippen LogP contribution in [-0.4, -0.2) is 24.2 Å². The largest absolute Gasteiger partial charge is 0.481 e. The van der Waals surface area contributed by atoms with Crippen molar-refractivity contribution in [3.8, 4) is 0 Å². The van der Waals surface area contributed by atoms with Gasteiger partial charge in [-0.1, -0.05) is 11.6 Å². The number of nitrogens with one attached hydrogen (secondary N) is 1. The Morgan fingerprint density at radius 2 is 2.08 bits per heavy atom. The molecule has 0 aliphatic carbocycles. The quantitative estimate of drug-likeness (QED) is 0.645. The van der Waals surface area contributed by atoms with E-state index in [4.69, 9.17) is 5.11 Å². The minimum atomic E-state index is -0.740. The number of hydrogen-bond donors (Lipinski definition) is 2. The molecule has 0 aromatic carbocycles. The molecular formula is C8H14ClNO2. The molecule has 70 valence electrons. The van der Waals surface area contributed by atoms with E-state index in [1.54, 1.807) is 0 Å². The molecule has 4 heteroatoms. The molecule has 0 saturated carbocycles. The Labute approximate surface area is 78.3 Å². The lowest BCUT2D eigenvalue weighted by molar-refractivity contribution is -0.136. The zero-order valence-electron chi connectivity index (χ0n) is 6.88. The molecule has 0 radical (unpaired) electrons. The Kier molecular flexibility index (Phi) is 5.76. The zero-order valence-corrected chi connectivity index (χ0v) is 7.69. The molecule has 0 aromatic heterocycles. The normalized spacial score (nSPS) is 16.5. The van der Waals surface area contributed by atoms with Gasteiger partial charge in [-0.2, -0.15) is 0 Å². The predicted octanol–water partition coefficient (Wildman–Crippen LogP) is 1.19. The van der Waals surface area contributed by atoms with E-state index in [1.807, 2.05) is 6.08 Å². The van der Waals surface area contributed by atoms with Crippen molar-refractivity contribution in [3.05, 3.63) is 11.6 Å². The number of carboxylic acids is 1. The van der Waals surface area contributed by atoms with Gasteiger partial charge in [-0.05, 0) is 25.9 Å². The van der Waals surface area contributed by atoms with Gasteiger partial charge in [0.2, 0.25) is 0 Å². The maximum absolute atomic E-state index is 10.2. The molecule has 1 heterocycles. The fraction of sp³-hybridized carbons (Fsp3) is 0.625. The summed E-state index contributed by atoms with van der Waals surface area (Å²) < 4.78 is 0. The number of hydrogen-bond acceptors (Lipinski definition) is 2. The predicted molar refractivity (Wildman–Crippen MR) is 49.7 cm³/mol. The fourth-order valence-electron chi connectivity index (χ4n) is 1.18. The lowest BCUT2D eigenvalue weighted by Gasteiger charge is -2.14. The van der Waals surface area contributed by atoms with Crippen LogP contribution < -0.4 is 5.32 Å². The summed E-state index contributed by atoms with van der Waals surface area (Å²) in [5.74, 6) is -0.740. The average molecular weight is 192 g/mol. The monoisotopic (exact) mass is 191 g/mol. The van der Waals surface area contributed by atoms with Crippen LogP contribution in [0.3, 0.4) is 0 Å². The SMILES string of the molecule is Cl.O=C(O)CC=C1CCNCC1. The van der Waals surface area contributed by atoms with Gasteiger partial charge in [0.25, 0.3) is 0 Å². The highest BCUT2D eigenvalue weighted by Crippen LogP contribution is 2.10. The second kappa shape index (κ2) is 6.03. The van der Waals surface area contributed by atoms with Crippen LogP contribution in [-0.2, 0) is 4.79 Å². The fourth-order valence-corrected chi connectivity index (χ4v) is 1.18. The molecule has 0 bridgehead atoms. The lowest BCUT2D eigenvalue weighted by Crippen LogP contribution is -2.23. The number of piperidine rings is 1. The van der Waals surface area contributed by atoms with Crippen LogP contribution in [0.5, 0.6) is 0 Å². The molecule has 1 aliphatic rings. The van der Waals surface area contributed by atoms with Crippen molar-refractivity contribution in [2.24, 2.45) is 0 Å². The van der Waals surface area contributed by atoms with Crippen molar-refractivity contribution >= 4 is 18.4 Å². The lowest BCUT2D eigenvalue weighted by atomic mass is 10.0. The third-order valence-corrected chi connectivity index (χ3v) is 1.81. The number of carbonyl (C=O) groups is 1. The van der Waals surface area contributed by atoms with E-state index in [9.17, 15) is 4.79 Å². The maximum atomic E-state index is 10.2. The van der Waals surface area contributed by atoms with Crippen LogP contribution >= 0.6 is 12.4 Å². The van der Waals surface area contributed by atoms with Crippen LogP contribution in [0, 0.1) is 0 Å². The van der Waals surface area contributed by atoms with Crippen LogP contribution in [0.25, 0.3) is 0 Å². The summed E-state index contributed by atoms with van der Waals surface area (Å²) in [5, 5.41) is 11.6. The Hall–Kier alpha value is -0.540. The third kappa shape index (κ3) is 4.36. The van der Waals surface area contributed by atoms with Gasteiger partial charge in [0.05, 0.1) is 6.42 Å². The second-order valence-electron chi connectivity index (χ2n) is 2.71. The van der Waals surface area contributed by atoms with Crippen molar-refractivity contribution in [2.75, 3.05) is 13.1 Å². The van der Waals surface area contributed by atoms with Crippen molar-refractivity contribution in [1.29, 1.82) is 0 Å². The molecule has 12 heavy (non-hydrogen) atoms. The average Bonchev–Trinajstić information content (AvgIpc) is 2.03. The van der Waals surface area contributed by atoms with E-state index in [2.05, 4.69) is 5.32 Å². The summed E-state index contributed by atoms with van der Waals surface area (Å²) in [6.45, 7) is 1.98. The van der Waals surface area contributed by atoms with Gasteiger partial charge in [-0.3, -0.25) is 4.79 Å². The van der Waals surface area contributed by atoms with Crippen molar-refractivity contribution in [2.45, 2.75) is 19.3 Å². The topological polar surface area (TPSA) is 49.3 Å². The van der Waals surface area contributed by atoms with Crippen LogP contribution in [0.4, 0.5) is 0 Å². The van der Waals surface area contributed by atoms with Crippen molar-refractivity contribution in [3.63, 3.8) is 0 Å². The number of aliphatic carboxylic acids is 1. The molecular weight excluding hydrogens is 178 g/mol. The number of rotatable bonds is 2. The Bertz CT molecular complexity index is 172. The second-order valence-corrected chi connectivity index (χ2v) is 2.71. The molecule has 0 spiro atoms. The first kappa shape index (κ1) is 11.5. The smallest absolute Gasteiger partial charge is 0.307 e. The van der Waals surface area contributed by atoms with Crippen molar-refractivity contribution < 1.29 is 9.90 Å². The van der Waals surface area contributed by atoms with Gasteiger partial charge in [-0.25, -0.2) is 0 Å². The standard InChI is InChI=1S/C8H13NO2.ClH/c10-8(11)2-1-7-3-5-9-6-4-7;/h1,9H,2-6H2,(H,10,11);1H. The zero-order chi connectivity index (χ0) is 8.10. The third-order valence-electron chi connectivity index (χ3n) is 1.81.